The van der Waals surface area contributed by atoms with Crippen LogP contribution in [0.1, 0.15) is 19.4 Å². The van der Waals surface area contributed by atoms with E-state index in [1.165, 1.54) is 4.90 Å². The number of carbonyl (C=O) groups is 2. The molecule has 4 heteroatoms. The van der Waals surface area contributed by atoms with Crippen molar-refractivity contribution in [3.05, 3.63) is 48.0 Å². The predicted molar refractivity (Wildman–Crippen MR) is 93.1 cm³/mol. The molecule has 0 heterocycles. The van der Waals surface area contributed by atoms with E-state index >= 15 is 0 Å². The molecule has 0 saturated carbocycles. The summed E-state index contributed by atoms with van der Waals surface area (Å²) in [6.07, 6.45) is 0.273. The third kappa shape index (κ3) is 4.31. The zero-order valence-electron chi connectivity index (χ0n) is 14.2. The summed E-state index contributed by atoms with van der Waals surface area (Å²) in [5.41, 5.74) is 0.945. The SMILES string of the molecule is CC(C)C(NC(=O)Cc1ccc2ccccc2c1)C(=O)N(C)C. The van der Waals surface area contributed by atoms with Crippen LogP contribution in [0.4, 0.5) is 0 Å². The molecule has 2 rings (SSSR count). The monoisotopic (exact) mass is 312 g/mol. The van der Waals surface area contributed by atoms with Crippen molar-refractivity contribution in [1.82, 2.24) is 10.2 Å². The van der Waals surface area contributed by atoms with E-state index in [1.807, 2.05) is 56.3 Å². The van der Waals surface area contributed by atoms with Crippen molar-refractivity contribution in [2.24, 2.45) is 5.92 Å². The van der Waals surface area contributed by atoms with Gasteiger partial charge in [0.15, 0.2) is 0 Å². The third-order valence-corrected chi connectivity index (χ3v) is 3.87. The second-order valence-electron chi connectivity index (χ2n) is 6.38. The molecule has 1 unspecified atom stereocenters. The average molecular weight is 312 g/mol. The normalized spacial score (nSPS) is 12.2. The van der Waals surface area contributed by atoms with Gasteiger partial charge in [0.2, 0.25) is 11.8 Å². The van der Waals surface area contributed by atoms with E-state index in [2.05, 4.69) is 5.32 Å². The highest BCUT2D eigenvalue weighted by Crippen LogP contribution is 2.16. The fraction of sp³-hybridized carbons (Fsp3) is 0.368. The number of amides is 2. The number of hydrogen-bond acceptors (Lipinski definition) is 2. The van der Waals surface area contributed by atoms with Gasteiger partial charge in [0.05, 0.1) is 6.42 Å². The lowest BCUT2D eigenvalue weighted by Crippen LogP contribution is -2.49. The van der Waals surface area contributed by atoms with Crippen LogP contribution in [0, 0.1) is 5.92 Å². The number of nitrogens with zero attached hydrogens (tertiary/aromatic N) is 1. The quantitative estimate of drug-likeness (QED) is 0.922. The Labute approximate surface area is 137 Å². The molecular formula is C19H24N2O2. The molecule has 2 aromatic rings. The Morgan fingerprint density at radius 3 is 2.30 bits per heavy atom. The molecule has 0 aliphatic rings. The van der Waals surface area contributed by atoms with Gasteiger partial charge in [-0.2, -0.15) is 0 Å². The number of rotatable bonds is 5. The first-order valence-electron chi connectivity index (χ1n) is 7.86. The number of hydrogen-bond donors (Lipinski definition) is 1. The molecule has 122 valence electrons. The molecule has 0 fully saturated rings. The molecule has 0 aromatic heterocycles. The van der Waals surface area contributed by atoms with Gasteiger partial charge in [-0.15, -0.1) is 0 Å². The molecule has 0 spiro atoms. The van der Waals surface area contributed by atoms with Crippen molar-refractivity contribution < 1.29 is 9.59 Å². The molecule has 2 aromatic carbocycles. The number of benzene rings is 2. The van der Waals surface area contributed by atoms with Crippen molar-refractivity contribution in [3.63, 3.8) is 0 Å². The summed E-state index contributed by atoms with van der Waals surface area (Å²) in [5.74, 6) is -0.161. The molecule has 1 N–H and O–H groups in total. The Hall–Kier alpha value is -2.36. The van der Waals surface area contributed by atoms with Gasteiger partial charge in [-0.3, -0.25) is 9.59 Å². The maximum absolute atomic E-state index is 12.3. The lowest BCUT2D eigenvalue weighted by Gasteiger charge is -2.24. The zero-order valence-corrected chi connectivity index (χ0v) is 14.2. The average Bonchev–Trinajstić information content (AvgIpc) is 2.51. The minimum Gasteiger partial charge on any atom is -0.347 e. The summed E-state index contributed by atoms with van der Waals surface area (Å²) in [4.78, 5) is 26.0. The number of carbonyl (C=O) groups excluding carboxylic acids is 2. The molecule has 0 saturated heterocycles. The molecule has 0 aliphatic carbocycles. The number of likely N-dealkylation sites (N-methyl/N-ethyl adjacent to an activating group) is 1. The Bertz CT molecular complexity index is 707. The highest BCUT2D eigenvalue weighted by Gasteiger charge is 2.25. The maximum Gasteiger partial charge on any atom is 0.244 e. The molecule has 0 aliphatic heterocycles. The summed E-state index contributed by atoms with van der Waals surface area (Å²) in [6, 6.07) is 13.6. The molecule has 1 atom stereocenters. The largest absolute Gasteiger partial charge is 0.347 e. The standard InChI is InChI=1S/C19H24N2O2/c1-13(2)18(19(23)21(3)4)20-17(22)12-14-9-10-15-7-5-6-8-16(15)11-14/h5-11,13,18H,12H2,1-4H3,(H,20,22). The van der Waals surface area contributed by atoms with Gasteiger partial charge in [0.25, 0.3) is 0 Å². The van der Waals surface area contributed by atoms with Crippen LogP contribution in [0.5, 0.6) is 0 Å². The minimum absolute atomic E-state index is 0.0467. The van der Waals surface area contributed by atoms with Gasteiger partial charge in [0, 0.05) is 14.1 Å². The number of nitrogens with one attached hydrogen (secondary N) is 1. The second-order valence-corrected chi connectivity index (χ2v) is 6.38. The molecular weight excluding hydrogens is 288 g/mol. The lowest BCUT2D eigenvalue weighted by molar-refractivity contribution is -0.135. The fourth-order valence-corrected chi connectivity index (χ4v) is 2.55. The van der Waals surface area contributed by atoms with Crippen LogP contribution in [0.25, 0.3) is 10.8 Å². The van der Waals surface area contributed by atoms with E-state index in [4.69, 9.17) is 0 Å². The van der Waals surface area contributed by atoms with Crippen LogP contribution in [0.2, 0.25) is 0 Å². The number of fused-ring (bicyclic) bond motifs is 1. The predicted octanol–water partition coefficient (Wildman–Crippen LogP) is 2.61. The van der Waals surface area contributed by atoms with Gasteiger partial charge in [-0.25, -0.2) is 0 Å². The fourth-order valence-electron chi connectivity index (χ4n) is 2.55. The Balaban J connectivity index is 2.08. The lowest BCUT2D eigenvalue weighted by atomic mass is 10.0. The minimum atomic E-state index is -0.488. The molecule has 2 amide bonds. The summed E-state index contributed by atoms with van der Waals surface area (Å²) in [6.45, 7) is 3.87. The smallest absolute Gasteiger partial charge is 0.244 e. The van der Waals surface area contributed by atoms with Gasteiger partial charge < -0.3 is 10.2 Å². The summed E-state index contributed by atoms with van der Waals surface area (Å²) in [7, 11) is 3.40. The summed E-state index contributed by atoms with van der Waals surface area (Å²) < 4.78 is 0. The third-order valence-electron chi connectivity index (χ3n) is 3.87. The summed E-state index contributed by atoms with van der Waals surface area (Å²) in [5, 5.41) is 5.13. The van der Waals surface area contributed by atoms with Crippen LogP contribution >= 0.6 is 0 Å². The van der Waals surface area contributed by atoms with Crippen LogP contribution < -0.4 is 5.32 Å². The van der Waals surface area contributed by atoms with Crippen LogP contribution in [0.15, 0.2) is 42.5 Å². The van der Waals surface area contributed by atoms with Crippen molar-refractivity contribution in [3.8, 4) is 0 Å². The molecule has 4 nitrogen and oxygen atoms in total. The molecule has 0 bridgehead atoms. The van der Waals surface area contributed by atoms with Crippen molar-refractivity contribution in [2.45, 2.75) is 26.3 Å². The van der Waals surface area contributed by atoms with Gasteiger partial charge in [-0.1, -0.05) is 56.3 Å². The first-order chi connectivity index (χ1) is 10.9. The van der Waals surface area contributed by atoms with Gasteiger partial charge in [-0.05, 0) is 22.3 Å². The van der Waals surface area contributed by atoms with Crippen LogP contribution in [-0.2, 0) is 16.0 Å². The van der Waals surface area contributed by atoms with Gasteiger partial charge in [0.1, 0.15) is 6.04 Å². The first-order valence-corrected chi connectivity index (χ1v) is 7.86. The Morgan fingerprint density at radius 2 is 1.70 bits per heavy atom. The highest BCUT2D eigenvalue weighted by molar-refractivity contribution is 5.89. The van der Waals surface area contributed by atoms with E-state index in [-0.39, 0.29) is 24.2 Å². The topological polar surface area (TPSA) is 49.4 Å². The van der Waals surface area contributed by atoms with E-state index in [1.54, 1.807) is 14.1 Å². The Kier molecular flexibility index (Phi) is 5.37. The highest BCUT2D eigenvalue weighted by atomic mass is 16.2. The van der Waals surface area contributed by atoms with E-state index in [9.17, 15) is 9.59 Å². The van der Waals surface area contributed by atoms with Crippen molar-refractivity contribution >= 4 is 22.6 Å². The van der Waals surface area contributed by atoms with Crippen molar-refractivity contribution in [1.29, 1.82) is 0 Å². The maximum atomic E-state index is 12.3. The van der Waals surface area contributed by atoms with Crippen LogP contribution in [-0.4, -0.2) is 36.9 Å². The molecule has 0 radical (unpaired) electrons. The van der Waals surface area contributed by atoms with Gasteiger partial charge >= 0.3 is 0 Å². The van der Waals surface area contributed by atoms with E-state index < -0.39 is 6.04 Å². The zero-order chi connectivity index (χ0) is 17.0. The molecule has 23 heavy (non-hydrogen) atoms. The van der Waals surface area contributed by atoms with Crippen molar-refractivity contribution in [2.75, 3.05) is 14.1 Å². The first kappa shape index (κ1) is 17.0. The second kappa shape index (κ2) is 7.27. The van der Waals surface area contributed by atoms with E-state index in [0.717, 1.165) is 16.3 Å². The van der Waals surface area contributed by atoms with E-state index in [0.29, 0.717) is 0 Å². The Morgan fingerprint density at radius 1 is 1.04 bits per heavy atom. The van der Waals surface area contributed by atoms with Crippen LogP contribution in [0.3, 0.4) is 0 Å². The summed E-state index contributed by atoms with van der Waals surface area (Å²) >= 11 is 0.